The van der Waals surface area contributed by atoms with Gasteiger partial charge in [0.2, 0.25) is 0 Å². The molecule has 3 rings (SSSR count). The SMILES string of the molecule is CCC(Oc1cccc(C)c1)C(=O)NCCOc1ccc2ccccc2c1. The van der Waals surface area contributed by atoms with Gasteiger partial charge in [0, 0.05) is 0 Å². The van der Waals surface area contributed by atoms with E-state index in [-0.39, 0.29) is 5.91 Å². The van der Waals surface area contributed by atoms with Gasteiger partial charge in [0.1, 0.15) is 18.1 Å². The van der Waals surface area contributed by atoms with Gasteiger partial charge in [-0.1, -0.05) is 49.4 Å². The Hall–Kier alpha value is -3.01. The second-order valence-corrected chi connectivity index (χ2v) is 6.48. The van der Waals surface area contributed by atoms with Crippen molar-refractivity contribution in [1.29, 1.82) is 0 Å². The minimum atomic E-state index is -0.507. The van der Waals surface area contributed by atoms with Gasteiger partial charge >= 0.3 is 0 Å². The maximum atomic E-state index is 12.4. The first-order valence-electron chi connectivity index (χ1n) is 9.28. The molecular weight excluding hydrogens is 338 g/mol. The van der Waals surface area contributed by atoms with Gasteiger partial charge in [0.15, 0.2) is 6.10 Å². The van der Waals surface area contributed by atoms with Crippen LogP contribution in [0.25, 0.3) is 10.8 Å². The van der Waals surface area contributed by atoms with Crippen LogP contribution < -0.4 is 14.8 Å². The van der Waals surface area contributed by atoms with E-state index in [9.17, 15) is 4.79 Å². The summed E-state index contributed by atoms with van der Waals surface area (Å²) in [4.78, 5) is 12.4. The molecule has 0 aliphatic rings. The second kappa shape index (κ2) is 9.08. The lowest BCUT2D eigenvalue weighted by molar-refractivity contribution is -0.128. The quantitative estimate of drug-likeness (QED) is 0.600. The summed E-state index contributed by atoms with van der Waals surface area (Å²) in [5.74, 6) is 1.39. The van der Waals surface area contributed by atoms with E-state index in [2.05, 4.69) is 17.4 Å². The van der Waals surface area contributed by atoms with Gasteiger partial charge in [-0.2, -0.15) is 0 Å². The number of fused-ring (bicyclic) bond motifs is 1. The molecule has 1 N–H and O–H groups in total. The zero-order valence-electron chi connectivity index (χ0n) is 15.8. The first-order valence-corrected chi connectivity index (χ1v) is 9.28. The summed E-state index contributed by atoms with van der Waals surface area (Å²) in [6.07, 6.45) is 0.0955. The lowest BCUT2D eigenvalue weighted by Gasteiger charge is -2.17. The number of amides is 1. The van der Waals surface area contributed by atoms with E-state index in [1.807, 2.05) is 68.4 Å². The Labute approximate surface area is 160 Å². The van der Waals surface area contributed by atoms with E-state index in [1.54, 1.807) is 0 Å². The predicted octanol–water partition coefficient (Wildman–Crippen LogP) is 4.50. The first kappa shape index (κ1) is 18.8. The van der Waals surface area contributed by atoms with Crippen LogP contribution in [-0.2, 0) is 4.79 Å². The van der Waals surface area contributed by atoms with Gasteiger partial charge in [-0.15, -0.1) is 0 Å². The van der Waals surface area contributed by atoms with Crippen LogP contribution in [0.15, 0.2) is 66.7 Å². The van der Waals surface area contributed by atoms with Crippen molar-refractivity contribution in [2.24, 2.45) is 0 Å². The third kappa shape index (κ3) is 5.23. The van der Waals surface area contributed by atoms with Crippen LogP contribution >= 0.6 is 0 Å². The number of carbonyl (C=O) groups is 1. The minimum Gasteiger partial charge on any atom is -0.492 e. The Morgan fingerprint density at radius 1 is 0.963 bits per heavy atom. The summed E-state index contributed by atoms with van der Waals surface area (Å²) in [5, 5.41) is 5.20. The monoisotopic (exact) mass is 363 g/mol. The third-order valence-electron chi connectivity index (χ3n) is 4.32. The summed E-state index contributed by atoms with van der Waals surface area (Å²) in [6.45, 7) is 4.77. The maximum Gasteiger partial charge on any atom is 0.261 e. The van der Waals surface area contributed by atoms with E-state index < -0.39 is 6.10 Å². The molecule has 1 unspecified atom stereocenters. The number of nitrogens with one attached hydrogen (secondary N) is 1. The summed E-state index contributed by atoms with van der Waals surface area (Å²) in [7, 11) is 0. The topological polar surface area (TPSA) is 47.6 Å². The first-order chi connectivity index (χ1) is 13.2. The molecule has 4 heteroatoms. The fraction of sp³-hybridized carbons (Fsp3) is 0.261. The van der Waals surface area contributed by atoms with Gasteiger partial charge < -0.3 is 14.8 Å². The van der Waals surface area contributed by atoms with Crippen molar-refractivity contribution in [1.82, 2.24) is 5.32 Å². The molecule has 0 radical (unpaired) electrons. The van der Waals surface area contributed by atoms with E-state index in [0.717, 1.165) is 16.7 Å². The molecule has 0 aliphatic heterocycles. The summed E-state index contributed by atoms with van der Waals surface area (Å²) in [6, 6.07) is 21.8. The highest BCUT2D eigenvalue weighted by molar-refractivity contribution is 5.83. The fourth-order valence-corrected chi connectivity index (χ4v) is 2.89. The number of hydrogen-bond acceptors (Lipinski definition) is 3. The number of ether oxygens (including phenoxy) is 2. The zero-order chi connectivity index (χ0) is 19.1. The average Bonchev–Trinajstić information content (AvgIpc) is 2.69. The van der Waals surface area contributed by atoms with Crippen LogP contribution in [0.1, 0.15) is 18.9 Å². The molecule has 1 amide bonds. The predicted molar refractivity (Wildman–Crippen MR) is 108 cm³/mol. The average molecular weight is 363 g/mol. The van der Waals surface area contributed by atoms with Crippen molar-refractivity contribution in [3.05, 3.63) is 72.3 Å². The molecule has 3 aromatic carbocycles. The van der Waals surface area contributed by atoms with Crippen LogP contribution in [0.5, 0.6) is 11.5 Å². The molecule has 0 saturated heterocycles. The van der Waals surface area contributed by atoms with Crippen molar-refractivity contribution in [3.63, 3.8) is 0 Å². The van der Waals surface area contributed by atoms with Crippen LogP contribution in [0, 0.1) is 6.92 Å². The van der Waals surface area contributed by atoms with Crippen LogP contribution in [0.2, 0.25) is 0 Å². The molecule has 0 fully saturated rings. The molecule has 4 nitrogen and oxygen atoms in total. The van der Waals surface area contributed by atoms with E-state index >= 15 is 0 Å². The van der Waals surface area contributed by atoms with Crippen molar-refractivity contribution in [2.45, 2.75) is 26.4 Å². The van der Waals surface area contributed by atoms with Crippen LogP contribution in [0.4, 0.5) is 0 Å². The van der Waals surface area contributed by atoms with Crippen molar-refractivity contribution in [3.8, 4) is 11.5 Å². The highest BCUT2D eigenvalue weighted by Gasteiger charge is 2.17. The molecule has 1 atom stereocenters. The number of aryl methyl sites for hydroxylation is 1. The van der Waals surface area contributed by atoms with Crippen LogP contribution in [0.3, 0.4) is 0 Å². The second-order valence-electron chi connectivity index (χ2n) is 6.48. The molecule has 0 aliphatic carbocycles. The molecule has 0 spiro atoms. The summed E-state index contributed by atoms with van der Waals surface area (Å²) in [5.41, 5.74) is 1.10. The van der Waals surface area contributed by atoms with Gasteiger partial charge in [0.05, 0.1) is 6.54 Å². The Bertz CT molecular complexity index is 907. The number of carbonyl (C=O) groups excluding carboxylic acids is 1. The van der Waals surface area contributed by atoms with E-state index in [4.69, 9.17) is 9.47 Å². The normalized spacial score (nSPS) is 11.8. The standard InChI is InChI=1S/C23H25NO3/c1-3-22(27-21-10-6-7-17(2)15-21)23(25)24-13-14-26-20-12-11-18-8-4-5-9-19(18)16-20/h4-12,15-16,22H,3,13-14H2,1-2H3,(H,24,25). The molecule has 0 saturated carbocycles. The lowest BCUT2D eigenvalue weighted by atomic mass is 10.1. The number of hydrogen-bond donors (Lipinski definition) is 1. The third-order valence-corrected chi connectivity index (χ3v) is 4.32. The van der Waals surface area contributed by atoms with Gasteiger partial charge in [-0.05, 0) is 53.9 Å². The molecule has 140 valence electrons. The maximum absolute atomic E-state index is 12.4. The largest absolute Gasteiger partial charge is 0.492 e. The zero-order valence-corrected chi connectivity index (χ0v) is 15.8. The lowest BCUT2D eigenvalue weighted by Crippen LogP contribution is -2.39. The molecule has 27 heavy (non-hydrogen) atoms. The minimum absolute atomic E-state index is 0.124. The molecule has 0 aromatic heterocycles. The molecular formula is C23H25NO3. The molecule has 0 bridgehead atoms. The van der Waals surface area contributed by atoms with Crippen molar-refractivity contribution >= 4 is 16.7 Å². The van der Waals surface area contributed by atoms with Crippen LogP contribution in [-0.4, -0.2) is 25.2 Å². The smallest absolute Gasteiger partial charge is 0.261 e. The van der Waals surface area contributed by atoms with Gasteiger partial charge in [0.25, 0.3) is 5.91 Å². The van der Waals surface area contributed by atoms with Crippen molar-refractivity contribution < 1.29 is 14.3 Å². The highest BCUT2D eigenvalue weighted by Crippen LogP contribution is 2.20. The van der Waals surface area contributed by atoms with Gasteiger partial charge in [-0.25, -0.2) is 0 Å². The number of benzene rings is 3. The van der Waals surface area contributed by atoms with Gasteiger partial charge in [-0.3, -0.25) is 4.79 Å². The van der Waals surface area contributed by atoms with E-state index in [0.29, 0.717) is 25.3 Å². The van der Waals surface area contributed by atoms with Crippen molar-refractivity contribution in [2.75, 3.05) is 13.2 Å². The Balaban J connectivity index is 1.47. The fourth-order valence-electron chi connectivity index (χ4n) is 2.89. The highest BCUT2D eigenvalue weighted by atomic mass is 16.5. The Morgan fingerprint density at radius 2 is 1.78 bits per heavy atom. The summed E-state index contributed by atoms with van der Waals surface area (Å²) < 4.78 is 11.6. The summed E-state index contributed by atoms with van der Waals surface area (Å²) >= 11 is 0. The molecule has 3 aromatic rings. The Morgan fingerprint density at radius 3 is 2.56 bits per heavy atom. The van der Waals surface area contributed by atoms with E-state index in [1.165, 1.54) is 5.39 Å². The number of rotatable bonds is 8. The molecule has 0 heterocycles. The Kier molecular flexibility index (Phi) is 6.31.